The van der Waals surface area contributed by atoms with Gasteiger partial charge in [0.25, 0.3) is 5.91 Å². The van der Waals surface area contributed by atoms with Crippen molar-refractivity contribution >= 4 is 28.8 Å². The molecule has 0 saturated heterocycles. The van der Waals surface area contributed by atoms with Crippen LogP contribution in [0, 0.1) is 6.92 Å². The first-order valence-corrected chi connectivity index (χ1v) is 7.52. The van der Waals surface area contributed by atoms with Crippen LogP contribution in [-0.4, -0.2) is 15.9 Å². The lowest BCUT2D eigenvalue weighted by Gasteiger charge is -2.08. The van der Waals surface area contributed by atoms with Gasteiger partial charge < -0.3 is 5.32 Å². The van der Waals surface area contributed by atoms with Crippen molar-refractivity contribution in [1.29, 1.82) is 0 Å². The number of hydrogen-bond donors (Lipinski definition) is 1. The van der Waals surface area contributed by atoms with E-state index in [9.17, 15) is 4.79 Å². The summed E-state index contributed by atoms with van der Waals surface area (Å²) in [6, 6.07) is 3.36. The Balaban J connectivity index is 2.09. The molecule has 2 heterocycles. The molecule has 0 unspecified atom stereocenters. The number of hydrogen-bond acceptors (Lipinski definition) is 4. The minimum atomic E-state index is -0.163. The molecule has 0 radical (unpaired) electrons. The molecular weight excluding hydrogens is 294 g/mol. The number of rotatable bonds is 4. The Morgan fingerprint density at radius 1 is 1.45 bits per heavy atom. The van der Waals surface area contributed by atoms with Crippen molar-refractivity contribution in [3.63, 3.8) is 0 Å². The quantitative estimate of drug-likeness (QED) is 0.879. The van der Waals surface area contributed by atoms with Crippen LogP contribution in [0.5, 0.6) is 0 Å². The molecule has 4 nitrogen and oxygen atoms in total. The molecular formula is C14H16ClN3OS. The van der Waals surface area contributed by atoms with Crippen molar-refractivity contribution in [3.8, 4) is 0 Å². The van der Waals surface area contributed by atoms with Crippen LogP contribution in [0.1, 0.15) is 45.7 Å². The fraction of sp³-hybridized carbons (Fsp3) is 0.357. The largest absolute Gasteiger partial charge is 0.346 e. The van der Waals surface area contributed by atoms with Crippen molar-refractivity contribution in [2.24, 2.45) is 0 Å². The maximum atomic E-state index is 12.1. The van der Waals surface area contributed by atoms with Crippen LogP contribution in [0.2, 0.25) is 5.15 Å². The molecule has 2 rings (SSSR count). The van der Waals surface area contributed by atoms with E-state index < -0.39 is 0 Å². The van der Waals surface area contributed by atoms with E-state index in [1.807, 2.05) is 20.8 Å². The maximum absolute atomic E-state index is 12.1. The SMILES string of the molecule is Cc1cnc(CNC(=O)c2cc(Cl)nc(C(C)C)c2)s1. The van der Waals surface area contributed by atoms with E-state index in [2.05, 4.69) is 15.3 Å². The molecule has 0 atom stereocenters. The second-order valence-corrected chi connectivity index (χ2v) is 6.51. The lowest BCUT2D eigenvalue weighted by molar-refractivity contribution is 0.0950. The highest BCUT2D eigenvalue weighted by molar-refractivity contribution is 7.11. The second-order valence-electron chi connectivity index (χ2n) is 4.81. The molecule has 1 amide bonds. The van der Waals surface area contributed by atoms with Crippen molar-refractivity contribution in [3.05, 3.63) is 44.6 Å². The minimum Gasteiger partial charge on any atom is -0.346 e. The lowest BCUT2D eigenvalue weighted by Crippen LogP contribution is -2.23. The van der Waals surface area contributed by atoms with Gasteiger partial charge in [0.05, 0.1) is 6.54 Å². The van der Waals surface area contributed by atoms with Gasteiger partial charge in [-0.15, -0.1) is 11.3 Å². The number of nitrogens with zero attached hydrogens (tertiary/aromatic N) is 2. The summed E-state index contributed by atoms with van der Waals surface area (Å²) in [7, 11) is 0. The van der Waals surface area contributed by atoms with Gasteiger partial charge in [-0.3, -0.25) is 4.79 Å². The van der Waals surface area contributed by atoms with Gasteiger partial charge in [-0.1, -0.05) is 25.4 Å². The number of carbonyl (C=O) groups is 1. The fourth-order valence-electron chi connectivity index (χ4n) is 1.69. The minimum absolute atomic E-state index is 0.163. The molecule has 0 spiro atoms. The molecule has 0 saturated carbocycles. The van der Waals surface area contributed by atoms with E-state index in [0.29, 0.717) is 17.3 Å². The van der Waals surface area contributed by atoms with E-state index >= 15 is 0 Å². The molecule has 1 N–H and O–H groups in total. The highest BCUT2D eigenvalue weighted by Gasteiger charge is 2.11. The van der Waals surface area contributed by atoms with Crippen LogP contribution < -0.4 is 5.32 Å². The summed E-state index contributed by atoms with van der Waals surface area (Å²) >= 11 is 7.53. The molecule has 2 aromatic rings. The summed E-state index contributed by atoms with van der Waals surface area (Å²) in [5, 5.41) is 4.07. The zero-order valence-electron chi connectivity index (χ0n) is 11.6. The van der Waals surface area contributed by atoms with Crippen molar-refractivity contribution in [2.45, 2.75) is 33.2 Å². The van der Waals surface area contributed by atoms with Gasteiger partial charge in [0.1, 0.15) is 10.2 Å². The Kier molecular flexibility index (Phi) is 4.73. The first-order valence-electron chi connectivity index (χ1n) is 6.32. The molecule has 0 aliphatic heterocycles. The Morgan fingerprint density at radius 2 is 2.20 bits per heavy atom. The number of thiazole rings is 1. The molecule has 0 fully saturated rings. The summed E-state index contributed by atoms with van der Waals surface area (Å²) in [5.41, 5.74) is 1.34. The van der Waals surface area contributed by atoms with Gasteiger partial charge in [-0.25, -0.2) is 9.97 Å². The van der Waals surface area contributed by atoms with Gasteiger partial charge in [-0.2, -0.15) is 0 Å². The number of amides is 1. The van der Waals surface area contributed by atoms with Crippen LogP contribution in [0.15, 0.2) is 18.3 Å². The highest BCUT2D eigenvalue weighted by atomic mass is 35.5. The zero-order valence-corrected chi connectivity index (χ0v) is 13.2. The van der Waals surface area contributed by atoms with Crippen LogP contribution >= 0.6 is 22.9 Å². The average Bonchev–Trinajstić information content (AvgIpc) is 2.81. The Bertz CT molecular complexity index is 625. The molecule has 106 valence electrons. The first kappa shape index (κ1) is 14.9. The van der Waals surface area contributed by atoms with Crippen molar-refractivity contribution in [2.75, 3.05) is 0 Å². The van der Waals surface area contributed by atoms with Crippen molar-refractivity contribution in [1.82, 2.24) is 15.3 Å². The average molecular weight is 310 g/mol. The molecule has 0 aromatic carbocycles. The van der Waals surface area contributed by atoms with E-state index in [1.165, 1.54) is 0 Å². The van der Waals surface area contributed by atoms with Gasteiger partial charge in [0, 0.05) is 22.3 Å². The fourth-order valence-corrected chi connectivity index (χ4v) is 2.63. The predicted molar refractivity (Wildman–Crippen MR) is 81.4 cm³/mol. The number of pyridine rings is 1. The summed E-state index contributed by atoms with van der Waals surface area (Å²) in [6.45, 7) is 6.44. The van der Waals surface area contributed by atoms with E-state index in [4.69, 9.17) is 11.6 Å². The van der Waals surface area contributed by atoms with Crippen LogP contribution in [0.4, 0.5) is 0 Å². The van der Waals surface area contributed by atoms with Gasteiger partial charge in [0.2, 0.25) is 0 Å². The number of carbonyl (C=O) groups excluding carboxylic acids is 1. The number of aromatic nitrogens is 2. The summed E-state index contributed by atoms with van der Waals surface area (Å²) in [4.78, 5) is 21.7. The molecule has 0 aliphatic rings. The van der Waals surface area contributed by atoms with E-state index in [0.717, 1.165) is 15.6 Å². The number of halogens is 1. The van der Waals surface area contributed by atoms with Gasteiger partial charge in [0.15, 0.2) is 0 Å². The molecule has 6 heteroatoms. The Labute approximate surface area is 127 Å². The second kappa shape index (κ2) is 6.33. The summed E-state index contributed by atoms with van der Waals surface area (Å²) < 4.78 is 0. The number of aryl methyl sites for hydroxylation is 1. The predicted octanol–water partition coefficient (Wildman–Crippen LogP) is 3.55. The number of nitrogens with one attached hydrogen (secondary N) is 1. The van der Waals surface area contributed by atoms with Crippen LogP contribution in [0.25, 0.3) is 0 Å². The zero-order chi connectivity index (χ0) is 14.7. The van der Waals surface area contributed by atoms with Crippen LogP contribution in [-0.2, 0) is 6.54 Å². The van der Waals surface area contributed by atoms with Gasteiger partial charge in [-0.05, 0) is 25.0 Å². The smallest absolute Gasteiger partial charge is 0.251 e. The Morgan fingerprint density at radius 3 is 2.80 bits per heavy atom. The maximum Gasteiger partial charge on any atom is 0.251 e. The third kappa shape index (κ3) is 3.77. The lowest BCUT2D eigenvalue weighted by atomic mass is 10.1. The third-order valence-electron chi connectivity index (χ3n) is 2.74. The molecule has 0 bridgehead atoms. The third-order valence-corrected chi connectivity index (χ3v) is 3.84. The first-order chi connectivity index (χ1) is 9.45. The summed E-state index contributed by atoms with van der Waals surface area (Å²) in [5.74, 6) is 0.0610. The van der Waals surface area contributed by atoms with E-state index in [1.54, 1.807) is 29.7 Å². The summed E-state index contributed by atoms with van der Waals surface area (Å²) in [6.07, 6.45) is 1.80. The normalized spacial score (nSPS) is 10.8. The standard InChI is InChI=1S/C14H16ClN3OS/c1-8(2)11-4-10(5-12(15)18-11)14(19)17-7-13-16-6-9(3)20-13/h4-6,8H,7H2,1-3H3,(H,17,19). The van der Waals surface area contributed by atoms with E-state index in [-0.39, 0.29) is 11.8 Å². The monoisotopic (exact) mass is 309 g/mol. The van der Waals surface area contributed by atoms with Crippen LogP contribution in [0.3, 0.4) is 0 Å². The topological polar surface area (TPSA) is 54.9 Å². The van der Waals surface area contributed by atoms with Gasteiger partial charge >= 0.3 is 0 Å². The molecule has 0 aliphatic carbocycles. The highest BCUT2D eigenvalue weighted by Crippen LogP contribution is 2.18. The van der Waals surface area contributed by atoms with Crippen molar-refractivity contribution < 1.29 is 4.79 Å². The molecule has 20 heavy (non-hydrogen) atoms. The molecule has 2 aromatic heterocycles. The Hall–Kier alpha value is -1.46.